The van der Waals surface area contributed by atoms with Gasteiger partial charge in [-0.3, -0.25) is 4.98 Å². The zero-order chi connectivity index (χ0) is 15.2. The van der Waals surface area contributed by atoms with E-state index in [0.29, 0.717) is 16.8 Å². The molecule has 106 valence electrons. The molecular weight excluding hydrogens is 256 g/mol. The van der Waals surface area contributed by atoms with Crippen molar-refractivity contribution in [2.75, 3.05) is 0 Å². The Kier molecular flexibility index (Phi) is 3.63. The summed E-state index contributed by atoms with van der Waals surface area (Å²) >= 11 is 0. The molecule has 0 aliphatic heterocycles. The highest BCUT2D eigenvalue weighted by atomic mass is 19.1. The average molecular weight is 275 g/mol. The summed E-state index contributed by atoms with van der Waals surface area (Å²) in [5.74, 6) is -1.00. The molecule has 0 saturated heterocycles. The van der Waals surface area contributed by atoms with Crippen molar-refractivity contribution in [1.82, 2.24) is 4.98 Å². The fourth-order valence-electron chi connectivity index (χ4n) is 2.44. The molecule has 3 heteroatoms. The summed E-state index contributed by atoms with van der Waals surface area (Å²) < 4.78 is 28.1. The van der Waals surface area contributed by atoms with Crippen LogP contribution in [0.1, 0.15) is 33.5 Å². The van der Waals surface area contributed by atoms with E-state index in [-0.39, 0.29) is 5.56 Å². The van der Waals surface area contributed by atoms with E-state index in [0.717, 1.165) is 22.4 Å². The van der Waals surface area contributed by atoms with E-state index in [1.54, 1.807) is 13.0 Å². The first kappa shape index (κ1) is 14.6. The summed E-state index contributed by atoms with van der Waals surface area (Å²) in [7, 11) is 0. The van der Waals surface area contributed by atoms with E-state index in [4.69, 9.17) is 0 Å². The van der Waals surface area contributed by atoms with E-state index in [9.17, 15) is 8.78 Å². The molecule has 0 aliphatic rings. The molecule has 0 bridgehead atoms. The number of aryl methyl sites for hydroxylation is 2. The predicted octanol–water partition coefficient (Wildman–Crippen LogP) is 4.88. The normalized spacial score (nSPS) is 11.0. The first-order valence-electron chi connectivity index (χ1n) is 6.65. The molecule has 1 aromatic heterocycles. The Morgan fingerprint density at radius 3 is 1.95 bits per heavy atom. The van der Waals surface area contributed by atoms with E-state index in [1.165, 1.54) is 6.92 Å². The molecule has 0 aliphatic carbocycles. The molecular formula is C17H19F2N. The number of nitrogens with zero attached hydrogens (tertiary/aromatic N) is 1. The standard InChI is InChI=1S/C17H19F2N/c1-8-7-14(16(19)12(5)15(8)18)17-11(4)9(2)10(3)13(6)20-17/h7H,1-6H3. The molecule has 1 nitrogen and oxygen atoms in total. The quantitative estimate of drug-likeness (QED) is 0.723. The second-order valence-electron chi connectivity index (χ2n) is 5.41. The molecule has 0 saturated carbocycles. The molecule has 0 radical (unpaired) electrons. The Balaban J connectivity index is 2.83. The topological polar surface area (TPSA) is 12.9 Å². The zero-order valence-corrected chi connectivity index (χ0v) is 12.8. The van der Waals surface area contributed by atoms with E-state index >= 15 is 0 Å². The van der Waals surface area contributed by atoms with Crippen LogP contribution in [-0.2, 0) is 0 Å². The van der Waals surface area contributed by atoms with Crippen LogP contribution in [0.5, 0.6) is 0 Å². The van der Waals surface area contributed by atoms with Crippen LogP contribution in [0.25, 0.3) is 11.3 Å². The second kappa shape index (κ2) is 4.97. The van der Waals surface area contributed by atoms with Gasteiger partial charge in [-0.1, -0.05) is 0 Å². The van der Waals surface area contributed by atoms with Crippen LogP contribution in [0.4, 0.5) is 8.78 Å². The predicted molar refractivity (Wildman–Crippen MR) is 78.0 cm³/mol. The van der Waals surface area contributed by atoms with E-state index in [2.05, 4.69) is 4.98 Å². The van der Waals surface area contributed by atoms with Gasteiger partial charge in [0, 0.05) is 16.8 Å². The Labute approximate surface area is 118 Å². The number of halogens is 2. The Morgan fingerprint density at radius 2 is 1.35 bits per heavy atom. The first-order chi connectivity index (χ1) is 9.25. The summed E-state index contributed by atoms with van der Waals surface area (Å²) in [6.07, 6.45) is 0. The van der Waals surface area contributed by atoms with Crippen molar-refractivity contribution in [2.24, 2.45) is 0 Å². The van der Waals surface area contributed by atoms with Crippen molar-refractivity contribution in [3.05, 3.63) is 51.2 Å². The minimum atomic E-state index is -0.522. The lowest BCUT2D eigenvalue weighted by Gasteiger charge is -2.15. The third-order valence-electron chi connectivity index (χ3n) is 4.16. The Hall–Kier alpha value is -1.77. The lowest BCUT2D eigenvalue weighted by molar-refractivity contribution is 0.564. The number of pyridine rings is 1. The van der Waals surface area contributed by atoms with Crippen molar-refractivity contribution in [3.8, 4) is 11.3 Å². The third-order valence-corrected chi connectivity index (χ3v) is 4.16. The number of hydrogen-bond donors (Lipinski definition) is 0. The van der Waals surface area contributed by atoms with Crippen LogP contribution in [0.3, 0.4) is 0 Å². The summed E-state index contributed by atoms with van der Waals surface area (Å²) in [6, 6.07) is 1.54. The van der Waals surface area contributed by atoms with Gasteiger partial charge < -0.3 is 0 Å². The Morgan fingerprint density at radius 1 is 0.750 bits per heavy atom. The van der Waals surface area contributed by atoms with Crippen LogP contribution in [0, 0.1) is 53.2 Å². The Bertz CT molecular complexity index is 642. The van der Waals surface area contributed by atoms with Crippen molar-refractivity contribution in [2.45, 2.75) is 41.5 Å². The summed E-state index contributed by atoms with van der Waals surface area (Å²) in [4.78, 5) is 4.51. The molecule has 2 rings (SSSR count). The maximum Gasteiger partial charge on any atom is 0.138 e. The minimum absolute atomic E-state index is 0.0529. The summed E-state index contributed by atoms with van der Waals surface area (Å²) in [5.41, 5.74) is 5.51. The molecule has 0 fully saturated rings. The average Bonchev–Trinajstić information content (AvgIpc) is 2.42. The first-order valence-corrected chi connectivity index (χ1v) is 6.65. The smallest absolute Gasteiger partial charge is 0.138 e. The van der Waals surface area contributed by atoms with Gasteiger partial charge in [0.2, 0.25) is 0 Å². The minimum Gasteiger partial charge on any atom is -0.252 e. The van der Waals surface area contributed by atoms with Crippen LogP contribution < -0.4 is 0 Å². The molecule has 0 amide bonds. The molecule has 1 heterocycles. The van der Waals surface area contributed by atoms with Gasteiger partial charge >= 0.3 is 0 Å². The van der Waals surface area contributed by atoms with Gasteiger partial charge in [-0.05, 0) is 69.9 Å². The third kappa shape index (κ3) is 2.11. The molecule has 0 N–H and O–H groups in total. The SMILES string of the molecule is Cc1cc(-c2nc(C)c(C)c(C)c2C)c(F)c(C)c1F. The lowest BCUT2D eigenvalue weighted by Crippen LogP contribution is -2.03. The largest absolute Gasteiger partial charge is 0.252 e. The van der Waals surface area contributed by atoms with Crippen molar-refractivity contribution >= 4 is 0 Å². The molecule has 2 aromatic rings. The fraction of sp³-hybridized carbons (Fsp3) is 0.353. The van der Waals surface area contributed by atoms with Crippen molar-refractivity contribution < 1.29 is 8.78 Å². The zero-order valence-electron chi connectivity index (χ0n) is 12.8. The highest BCUT2D eigenvalue weighted by Gasteiger charge is 2.18. The number of aromatic nitrogens is 1. The maximum absolute atomic E-state index is 14.4. The van der Waals surface area contributed by atoms with Gasteiger partial charge in [-0.25, -0.2) is 8.78 Å². The fourth-order valence-corrected chi connectivity index (χ4v) is 2.44. The van der Waals surface area contributed by atoms with Gasteiger partial charge in [0.05, 0.1) is 5.69 Å². The van der Waals surface area contributed by atoms with Crippen molar-refractivity contribution in [1.29, 1.82) is 0 Å². The second-order valence-corrected chi connectivity index (χ2v) is 5.41. The van der Waals surface area contributed by atoms with Gasteiger partial charge in [0.25, 0.3) is 0 Å². The van der Waals surface area contributed by atoms with Crippen LogP contribution >= 0.6 is 0 Å². The van der Waals surface area contributed by atoms with E-state index < -0.39 is 11.6 Å². The van der Waals surface area contributed by atoms with Crippen molar-refractivity contribution in [3.63, 3.8) is 0 Å². The number of hydrogen-bond acceptors (Lipinski definition) is 1. The molecule has 20 heavy (non-hydrogen) atoms. The molecule has 0 unspecified atom stereocenters. The van der Waals surface area contributed by atoms with Crippen LogP contribution in [0.2, 0.25) is 0 Å². The van der Waals surface area contributed by atoms with E-state index in [1.807, 2.05) is 27.7 Å². The van der Waals surface area contributed by atoms with Gasteiger partial charge in [0.1, 0.15) is 11.6 Å². The van der Waals surface area contributed by atoms with Gasteiger partial charge in [-0.15, -0.1) is 0 Å². The van der Waals surface area contributed by atoms with Gasteiger partial charge in [0.15, 0.2) is 0 Å². The number of benzene rings is 1. The molecule has 0 atom stereocenters. The maximum atomic E-state index is 14.4. The van der Waals surface area contributed by atoms with Crippen LogP contribution in [0.15, 0.2) is 6.07 Å². The monoisotopic (exact) mass is 275 g/mol. The lowest BCUT2D eigenvalue weighted by atomic mass is 9.95. The van der Waals surface area contributed by atoms with Crippen LogP contribution in [-0.4, -0.2) is 4.98 Å². The van der Waals surface area contributed by atoms with Gasteiger partial charge in [-0.2, -0.15) is 0 Å². The molecule has 1 aromatic carbocycles. The highest BCUT2D eigenvalue weighted by molar-refractivity contribution is 5.68. The number of rotatable bonds is 1. The highest BCUT2D eigenvalue weighted by Crippen LogP contribution is 2.32. The summed E-state index contributed by atoms with van der Waals surface area (Å²) in [5, 5.41) is 0. The molecule has 0 spiro atoms. The summed E-state index contributed by atoms with van der Waals surface area (Å²) in [6.45, 7) is 11.0.